The molecule has 0 spiro atoms. The number of hydrogen-bond acceptors (Lipinski definition) is 5. The van der Waals surface area contributed by atoms with Crippen LogP contribution in [0, 0.1) is 19.7 Å². The number of nitrogens with zero attached hydrogens (tertiary/aromatic N) is 4. The van der Waals surface area contributed by atoms with E-state index in [1.165, 1.54) is 12.1 Å². The van der Waals surface area contributed by atoms with Gasteiger partial charge in [-0.15, -0.1) is 0 Å². The predicted octanol–water partition coefficient (Wildman–Crippen LogP) is 4.01. The van der Waals surface area contributed by atoms with Gasteiger partial charge in [0.05, 0.1) is 5.56 Å². The molecular formula is C23H24FN5O. The SMILES string of the molecule is Cc1nc(-c2ccccn2)nc(NC2CCN(C(=O)c3ccccc3F)CC2)c1C. The van der Waals surface area contributed by atoms with Crippen molar-refractivity contribution in [3.8, 4) is 11.5 Å². The van der Waals surface area contributed by atoms with Gasteiger partial charge in [-0.3, -0.25) is 9.78 Å². The number of halogens is 1. The van der Waals surface area contributed by atoms with Gasteiger partial charge in [0.25, 0.3) is 5.91 Å². The third kappa shape index (κ3) is 4.15. The zero-order valence-electron chi connectivity index (χ0n) is 17.1. The van der Waals surface area contributed by atoms with Crippen molar-refractivity contribution in [2.45, 2.75) is 32.7 Å². The van der Waals surface area contributed by atoms with E-state index in [0.717, 1.165) is 35.6 Å². The topological polar surface area (TPSA) is 71.0 Å². The minimum Gasteiger partial charge on any atom is -0.367 e. The van der Waals surface area contributed by atoms with Crippen LogP contribution in [0.25, 0.3) is 11.5 Å². The van der Waals surface area contributed by atoms with Gasteiger partial charge in [-0.05, 0) is 51.0 Å². The summed E-state index contributed by atoms with van der Waals surface area (Å²) < 4.78 is 13.9. The number of aromatic nitrogens is 3. The average molecular weight is 405 g/mol. The quantitative estimate of drug-likeness (QED) is 0.710. The van der Waals surface area contributed by atoms with Crippen molar-refractivity contribution in [3.63, 3.8) is 0 Å². The lowest BCUT2D eigenvalue weighted by atomic mass is 10.0. The highest BCUT2D eigenvalue weighted by Gasteiger charge is 2.26. The molecule has 0 atom stereocenters. The molecule has 30 heavy (non-hydrogen) atoms. The van der Waals surface area contributed by atoms with Gasteiger partial charge < -0.3 is 10.2 Å². The average Bonchev–Trinajstić information content (AvgIpc) is 2.78. The fourth-order valence-corrected chi connectivity index (χ4v) is 3.60. The number of pyridine rings is 1. The highest BCUT2D eigenvalue weighted by Crippen LogP contribution is 2.24. The number of likely N-dealkylation sites (tertiary alicyclic amines) is 1. The van der Waals surface area contributed by atoms with Gasteiger partial charge in [0.15, 0.2) is 5.82 Å². The summed E-state index contributed by atoms with van der Waals surface area (Å²) in [7, 11) is 0. The molecule has 154 valence electrons. The Morgan fingerprint density at radius 1 is 1.07 bits per heavy atom. The molecule has 0 unspecified atom stereocenters. The van der Waals surface area contributed by atoms with Crippen LogP contribution in [0.2, 0.25) is 0 Å². The second-order valence-electron chi connectivity index (χ2n) is 7.51. The summed E-state index contributed by atoms with van der Waals surface area (Å²) >= 11 is 0. The zero-order chi connectivity index (χ0) is 21.1. The maximum absolute atomic E-state index is 13.9. The molecule has 0 bridgehead atoms. The third-order valence-corrected chi connectivity index (χ3v) is 5.51. The molecular weight excluding hydrogens is 381 g/mol. The van der Waals surface area contributed by atoms with Gasteiger partial charge in [-0.25, -0.2) is 14.4 Å². The molecule has 1 saturated heterocycles. The van der Waals surface area contributed by atoms with E-state index in [0.29, 0.717) is 18.9 Å². The summed E-state index contributed by atoms with van der Waals surface area (Å²) in [5.41, 5.74) is 2.76. The van der Waals surface area contributed by atoms with Crippen LogP contribution in [0.4, 0.5) is 10.2 Å². The second-order valence-corrected chi connectivity index (χ2v) is 7.51. The molecule has 2 aromatic heterocycles. The van der Waals surface area contributed by atoms with E-state index in [9.17, 15) is 9.18 Å². The van der Waals surface area contributed by atoms with Gasteiger partial charge in [-0.1, -0.05) is 18.2 Å². The summed E-state index contributed by atoms with van der Waals surface area (Å²) in [6.07, 6.45) is 3.26. The fourth-order valence-electron chi connectivity index (χ4n) is 3.60. The molecule has 1 aliphatic heterocycles. The number of aryl methyl sites for hydroxylation is 1. The van der Waals surface area contributed by atoms with Crippen LogP contribution in [-0.4, -0.2) is 44.9 Å². The van der Waals surface area contributed by atoms with E-state index < -0.39 is 5.82 Å². The Morgan fingerprint density at radius 2 is 1.80 bits per heavy atom. The Hall–Kier alpha value is -3.35. The molecule has 3 heterocycles. The normalized spacial score (nSPS) is 14.6. The molecule has 6 nitrogen and oxygen atoms in total. The summed E-state index contributed by atoms with van der Waals surface area (Å²) in [6, 6.07) is 12.0. The summed E-state index contributed by atoms with van der Waals surface area (Å²) in [5, 5.41) is 3.52. The van der Waals surface area contributed by atoms with Gasteiger partial charge in [-0.2, -0.15) is 0 Å². The highest BCUT2D eigenvalue weighted by molar-refractivity contribution is 5.94. The summed E-state index contributed by atoms with van der Waals surface area (Å²) in [6.45, 7) is 5.10. The lowest BCUT2D eigenvalue weighted by molar-refractivity contribution is 0.0713. The number of carbonyl (C=O) groups is 1. The molecule has 0 aliphatic carbocycles. The van der Waals surface area contributed by atoms with Crippen molar-refractivity contribution in [1.82, 2.24) is 19.9 Å². The standard InChI is InChI=1S/C23H24FN5O/c1-15-16(2)26-22(20-9-5-6-12-25-20)28-21(15)27-17-10-13-29(14-11-17)23(30)18-7-3-4-8-19(18)24/h3-9,12,17H,10-11,13-14H2,1-2H3,(H,26,27,28). The highest BCUT2D eigenvalue weighted by atomic mass is 19.1. The first-order chi connectivity index (χ1) is 14.5. The first kappa shape index (κ1) is 19.9. The third-order valence-electron chi connectivity index (χ3n) is 5.51. The first-order valence-corrected chi connectivity index (χ1v) is 10.1. The molecule has 1 fully saturated rings. The molecule has 0 saturated carbocycles. The lowest BCUT2D eigenvalue weighted by Gasteiger charge is -2.33. The Morgan fingerprint density at radius 3 is 2.50 bits per heavy atom. The number of carbonyl (C=O) groups excluding carboxylic acids is 1. The number of nitrogens with one attached hydrogen (secondary N) is 1. The van der Waals surface area contributed by atoms with E-state index in [1.54, 1.807) is 23.2 Å². The summed E-state index contributed by atoms with van der Waals surface area (Å²) in [4.78, 5) is 28.0. The second kappa shape index (κ2) is 8.57. The molecule has 3 aromatic rings. The van der Waals surface area contributed by atoms with Crippen LogP contribution in [-0.2, 0) is 0 Å². The molecule has 1 amide bonds. The summed E-state index contributed by atoms with van der Waals surface area (Å²) in [5.74, 6) is 0.658. The molecule has 7 heteroatoms. The lowest BCUT2D eigenvalue weighted by Crippen LogP contribution is -2.42. The monoisotopic (exact) mass is 405 g/mol. The molecule has 1 aromatic carbocycles. The smallest absolute Gasteiger partial charge is 0.256 e. The van der Waals surface area contributed by atoms with Crippen LogP contribution in [0.5, 0.6) is 0 Å². The van der Waals surface area contributed by atoms with Gasteiger partial charge in [0.2, 0.25) is 0 Å². The number of amides is 1. The minimum atomic E-state index is -0.475. The Labute approximate surface area is 175 Å². The Kier molecular flexibility index (Phi) is 5.70. The van der Waals surface area contributed by atoms with Crippen molar-refractivity contribution in [1.29, 1.82) is 0 Å². The van der Waals surface area contributed by atoms with Crippen molar-refractivity contribution in [2.24, 2.45) is 0 Å². The van der Waals surface area contributed by atoms with E-state index in [4.69, 9.17) is 4.98 Å². The fraction of sp³-hybridized carbons (Fsp3) is 0.304. The van der Waals surface area contributed by atoms with Crippen molar-refractivity contribution in [3.05, 3.63) is 71.3 Å². The van der Waals surface area contributed by atoms with Gasteiger partial charge in [0.1, 0.15) is 17.3 Å². The molecule has 1 aliphatic rings. The van der Waals surface area contributed by atoms with Crippen LogP contribution in [0.15, 0.2) is 48.7 Å². The maximum atomic E-state index is 13.9. The first-order valence-electron chi connectivity index (χ1n) is 10.1. The van der Waals surface area contributed by atoms with Crippen molar-refractivity contribution >= 4 is 11.7 Å². The van der Waals surface area contributed by atoms with Crippen molar-refractivity contribution < 1.29 is 9.18 Å². The number of hydrogen-bond donors (Lipinski definition) is 1. The minimum absolute atomic E-state index is 0.131. The van der Waals surface area contributed by atoms with Gasteiger partial charge in [0, 0.05) is 36.6 Å². The van der Waals surface area contributed by atoms with Crippen molar-refractivity contribution in [2.75, 3.05) is 18.4 Å². The molecule has 4 rings (SSSR count). The molecule has 0 radical (unpaired) electrons. The van der Waals surface area contributed by atoms with E-state index >= 15 is 0 Å². The van der Waals surface area contributed by atoms with Crippen LogP contribution in [0.1, 0.15) is 34.5 Å². The van der Waals surface area contributed by atoms with Crippen LogP contribution in [0.3, 0.4) is 0 Å². The number of rotatable bonds is 4. The Balaban J connectivity index is 1.45. The van der Waals surface area contributed by atoms with E-state index in [-0.39, 0.29) is 17.5 Å². The predicted molar refractivity (Wildman–Crippen MR) is 114 cm³/mol. The largest absolute Gasteiger partial charge is 0.367 e. The zero-order valence-corrected chi connectivity index (χ0v) is 17.1. The number of benzene rings is 1. The van der Waals surface area contributed by atoms with Crippen LogP contribution < -0.4 is 5.32 Å². The number of anilines is 1. The van der Waals surface area contributed by atoms with Crippen LogP contribution >= 0.6 is 0 Å². The van der Waals surface area contributed by atoms with E-state index in [1.807, 2.05) is 32.0 Å². The molecule has 1 N–H and O–H groups in total. The van der Waals surface area contributed by atoms with E-state index in [2.05, 4.69) is 15.3 Å². The van der Waals surface area contributed by atoms with Gasteiger partial charge >= 0.3 is 0 Å². The Bertz CT molecular complexity index is 1050. The maximum Gasteiger partial charge on any atom is 0.256 e. The number of piperidine rings is 1.